The number of carbonyl (C=O) groups excluding carboxylic acids is 1. The second kappa shape index (κ2) is 18.0. The SMILES string of the molecule is CCCCCCCCCCCCCCCCCCOSN(C(=O)OC)c1cccc2c1OC(C)(C)C2. The second-order valence-corrected chi connectivity index (χ2v) is 11.5. The highest BCUT2D eigenvalue weighted by Crippen LogP contribution is 2.44. The van der Waals surface area contributed by atoms with Gasteiger partial charge in [0.15, 0.2) is 0 Å². The summed E-state index contributed by atoms with van der Waals surface area (Å²) in [5.74, 6) is 0.742. The molecule has 0 aliphatic carbocycles. The van der Waals surface area contributed by atoms with Crippen LogP contribution < -0.4 is 9.04 Å². The Kier molecular flexibility index (Phi) is 15.4. The van der Waals surface area contributed by atoms with Crippen molar-refractivity contribution < 1.29 is 18.5 Å². The fraction of sp³-hybridized carbons (Fsp3) is 0.767. The van der Waals surface area contributed by atoms with Crippen molar-refractivity contribution in [3.05, 3.63) is 23.8 Å². The van der Waals surface area contributed by atoms with Crippen molar-refractivity contribution in [2.24, 2.45) is 0 Å². The summed E-state index contributed by atoms with van der Waals surface area (Å²) in [4.78, 5) is 12.4. The molecule has 0 aromatic heterocycles. The van der Waals surface area contributed by atoms with E-state index >= 15 is 0 Å². The molecule has 1 amide bonds. The third kappa shape index (κ3) is 11.8. The Labute approximate surface area is 225 Å². The summed E-state index contributed by atoms with van der Waals surface area (Å²) in [6, 6.07) is 5.87. The van der Waals surface area contributed by atoms with Gasteiger partial charge in [-0.05, 0) is 26.3 Å². The number of nitrogens with zero attached hydrogens (tertiary/aromatic N) is 1. The van der Waals surface area contributed by atoms with Crippen molar-refractivity contribution in [2.45, 2.75) is 136 Å². The van der Waals surface area contributed by atoms with Crippen molar-refractivity contribution in [1.82, 2.24) is 0 Å². The first-order valence-corrected chi connectivity index (χ1v) is 15.2. The first-order chi connectivity index (χ1) is 17.5. The zero-order valence-electron chi connectivity index (χ0n) is 23.4. The molecule has 6 heteroatoms. The topological polar surface area (TPSA) is 48.0 Å². The number of methoxy groups -OCH3 is 1. The third-order valence-electron chi connectivity index (χ3n) is 6.84. The molecule has 0 saturated heterocycles. The number of rotatable bonds is 20. The molecule has 1 aliphatic heterocycles. The molecule has 5 nitrogen and oxygen atoms in total. The fourth-order valence-electron chi connectivity index (χ4n) is 4.81. The number of fused-ring (bicyclic) bond motifs is 1. The number of ether oxygens (including phenoxy) is 2. The van der Waals surface area contributed by atoms with E-state index in [0.29, 0.717) is 12.3 Å². The van der Waals surface area contributed by atoms with Gasteiger partial charge in [-0.15, -0.1) is 0 Å². The number of anilines is 1. The molecule has 0 radical (unpaired) electrons. The van der Waals surface area contributed by atoms with E-state index in [1.807, 2.05) is 18.2 Å². The Bertz CT molecular complexity index is 740. The lowest BCUT2D eigenvalue weighted by Gasteiger charge is -2.23. The van der Waals surface area contributed by atoms with Crippen molar-refractivity contribution in [2.75, 3.05) is 18.0 Å². The molecule has 0 N–H and O–H groups in total. The fourth-order valence-corrected chi connectivity index (χ4v) is 5.47. The van der Waals surface area contributed by atoms with Crippen LogP contribution in [0.25, 0.3) is 0 Å². The molecule has 0 saturated carbocycles. The first-order valence-electron chi connectivity index (χ1n) is 14.5. The molecule has 1 aromatic carbocycles. The van der Waals surface area contributed by atoms with Gasteiger partial charge < -0.3 is 9.47 Å². The summed E-state index contributed by atoms with van der Waals surface area (Å²) in [7, 11) is 1.39. The van der Waals surface area contributed by atoms with Gasteiger partial charge in [-0.25, -0.2) is 4.79 Å². The average molecular weight is 522 g/mol. The molecule has 2 rings (SSSR count). The maximum Gasteiger partial charge on any atom is 0.426 e. The van der Waals surface area contributed by atoms with E-state index in [4.69, 9.17) is 13.7 Å². The third-order valence-corrected chi connectivity index (χ3v) is 7.60. The summed E-state index contributed by atoms with van der Waals surface area (Å²) in [6.07, 6.45) is 21.9. The van der Waals surface area contributed by atoms with Crippen LogP contribution in [0.15, 0.2) is 18.2 Å². The molecule has 0 fully saturated rings. The lowest BCUT2D eigenvalue weighted by molar-refractivity contribution is 0.138. The van der Waals surface area contributed by atoms with Crippen molar-refractivity contribution >= 4 is 24.0 Å². The maximum atomic E-state index is 12.4. The Balaban J connectivity index is 1.50. The number of amides is 1. The number of hydrogen-bond acceptors (Lipinski definition) is 5. The Morgan fingerprint density at radius 1 is 0.889 bits per heavy atom. The average Bonchev–Trinajstić information content (AvgIpc) is 3.19. The van der Waals surface area contributed by atoms with E-state index in [0.717, 1.165) is 42.8 Å². The minimum Gasteiger partial charge on any atom is -0.485 e. The largest absolute Gasteiger partial charge is 0.485 e. The lowest BCUT2D eigenvalue weighted by atomic mass is 10.0. The highest BCUT2D eigenvalue weighted by Gasteiger charge is 2.34. The van der Waals surface area contributed by atoms with Gasteiger partial charge in [0.1, 0.15) is 29.3 Å². The molecule has 0 bridgehead atoms. The number of hydrogen-bond donors (Lipinski definition) is 0. The maximum absolute atomic E-state index is 12.4. The molecule has 1 aromatic rings. The van der Waals surface area contributed by atoms with Gasteiger partial charge in [0.25, 0.3) is 0 Å². The van der Waals surface area contributed by atoms with Crippen LogP contribution in [0.5, 0.6) is 5.75 Å². The van der Waals surface area contributed by atoms with Crippen LogP contribution in [-0.4, -0.2) is 25.4 Å². The normalized spacial score (nSPS) is 13.9. The van der Waals surface area contributed by atoms with Crippen LogP contribution in [0.3, 0.4) is 0 Å². The van der Waals surface area contributed by atoms with Crippen LogP contribution in [0, 0.1) is 0 Å². The van der Waals surface area contributed by atoms with Crippen LogP contribution in [0.2, 0.25) is 0 Å². The summed E-state index contributed by atoms with van der Waals surface area (Å²) < 4.78 is 18.4. The summed E-state index contributed by atoms with van der Waals surface area (Å²) in [5, 5.41) is 0. The molecule has 0 atom stereocenters. The van der Waals surface area contributed by atoms with Gasteiger partial charge in [0, 0.05) is 12.0 Å². The molecule has 206 valence electrons. The quantitative estimate of drug-likeness (QED) is 0.0970. The molecular weight excluding hydrogens is 470 g/mol. The van der Waals surface area contributed by atoms with E-state index in [1.165, 1.54) is 101 Å². The Morgan fingerprint density at radius 2 is 1.42 bits per heavy atom. The smallest absolute Gasteiger partial charge is 0.426 e. The minimum absolute atomic E-state index is 0.278. The van der Waals surface area contributed by atoms with E-state index in [1.54, 1.807) is 0 Å². The predicted octanol–water partition coefficient (Wildman–Crippen LogP) is 9.81. The summed E-state index contributed by atoms with van der Waals surface area (Å²) in [6.45, 7) is 7.00. The van der Waals surface area contributed by atoms with E-state index in [-0.39, 0.29) is 5.60 Å². The Hall–Kier alpha value is -1.40. The molecule has 36 heavy (non-hydrogen) atoms. The van der Waals surface area contributed by atoms with Gasteiger partial charge >= 0.3 is 6.09 Å². The van der Waals surface area contributed by atoms with Gasteiger partial charge in [0.05, 0.1) is 13.7 Å². The number of benzene rings is 1. The van der Waals surface area contributed by atoms with E-state index in [2.05, 4.69) is 20.8 Å². The highest BCUT2D eigenvalue weighted by molar-refractivity contribution is 7.96. The van der Waals surface area contributed by atoms with Crippen LogP contribution in [0.1, 0.15) is 129 Å². The van der Waals surface area contributed by atoms with Gasteiger partial charge in [-0.3, -0.25) is 4.18 Å². The minimum atomic E-state index is -0.464. The Morgan fingerprint density at radius 3 is 1.94 bits per heavy atom. The molecule has 0 spiro atoms. The summed E-state index contributed by atoms with van der Waals surface area (Å²) in [5.41, 5.74) is 1.51. The lowest BCUT2D eigenvalue weighted by Crippen LogP contribution is -2.27. The predicted molar refractivity (Wildman–Crippen MR) is 153 cm³/mol. The molecular formula is C30H51NO4S. The molecule has 1 heterocycles. The van der Waals surface area contributed by atoms with Gasteiger partial charge in [0.2, 0.25) is 0 Å². The second-order valence-electron chi connectivity index (χ2n) is 10.8. The van der Waals surface area contributed by atoms with Gasteiger partial charge in [-0.2, -0.15) is 4.31 Å². The van der Waals surface area contributed by atoms with Crippen molar-refractivity contribution in [3.63, 3.8) is 0 Å². The highest BCUT2D eigenvalue weighted by atomic mass is 32.2. The monoisotopic (exact) mass is 521 g/mol. The number of unbranched alkanes of at least 4 members (excludes halogenated alkanes) is 15. The molecule has 0 unspecified atom stereocenters. The van der Waals surface area contributed by atoms with E-state index in [9.17, 15) is 4.79 Å². The number of carbonyl (C=O) groups is 1. The summed E-state index contributed by atoms with van der Waals surface area (Å²) >= 11 is 1.04. The molecule has 1 aliphatic rings. The standard InChI is InChI=1S/C30H51NO4S/c1-5-6-7-8-9-10-11-12-13-14-15-16-17-18-19-20-24-34-36-31(29(32)33-4)27-23-21-22-26-25-30(2,3)35-28(26)27/h21-23H,5-20,24-25H2,1-4H3. The number of para-hydroxylation sites is 1. The van der Waals surface area contributed by atoms with Crippen LogP contribution in [0.4, 0.5) is 10.5 Å². The first kappa shape index (κ1) is 30.8. The van der Waals surface area contributed by atoms with Crippen molar-refractivity contribution in [1.29, 1.82) is 0 Å². The van der Waals surface area contributed by atoms with E-state index < -0.39 is 6.09 Å². The van der Waals surface area contributed by atoms with Crippen molar-refractivity contribution in [3.8, 4) is 5.75 Å². The zero-order chi connectivity index (χ0) is 26.1. The van der Waals surface area contributed by atoms with Gasteiger partial charge in [-0.1, -0.05) is 115 Å². The van der Waals surface area contributed by atoms with Crippen LogP contribution >= 0.6 is 12.2 Å². The zero-order valence-corrected chi connectivity index (χ0v) is 24.3. The van der Waals surface area contributed by atoms with Crippen LogP contribution in [-0.2, 0) is 15.3 Å².